The largest absolute Gasteiger partial charge is 0.497 e. The molecule has 3 nitrogen and oxygen atoms in total. The molecule has 0 radical (unpaired) electrons. The first kappa shape index (κ1) is 26.7. The topological polar surface area (TPSA) is 35.5 Å². The first-order valence-corrected chi connectivity index (χ1v) is 14.0. The number of halogens is 1. The smallest absolute Gasteiger partial charge is 0.185 e. The van der Waals surface area contributed by atoms with Gasteiger partial charge in [0.2, 0.25) is 0 Å². The second-order valence-electron chi connectivity index (χ2n) is 9.25. The number of allylic oxidation sites excluding steroid dienone is 1. The van der Waals surface area contributed by atoms with E-state index in [4.69, 9.17) is 9.47 Å². The van der Waals surface area contributed by atoms with Gasteiger partial charge in [0.15, 0.2) is 5.78 Å². The lowest BCUT2D eigenvalue weighted by Crippen LogP contribution is -2.21. The van der Waals surface area contributed by atoms with E-state index >= 15 is 0 Å². The molecule has 0 saturated heterocycles. The molecule has 0 heterocycles. The van der Waals surface area contributed by atoms with Gasteiger partial charge in [0.05, 0.1) is 13.2 Å². The maximum atomic E-state index is 12.6. The molecule has 0 aliphatic heterocycles. The van der Waals surface area contributed by atoms with Gasteiger partial charge in [-0.1, -0.05) is 84.1 Å². The van der Waals surface area contributed by atoms with Crippen LogP contribution < -0.4 is 4.74 Å². The lowest BCUT2D eigenvalue weighted by Gasteiger charge is -2.29. The van der Waals surface area contributed by atoms with Gasteiger partial charge in [-0.25, -0.2) is 0 Å². The van der Waals surface area contributed by atoms with Crippen LogP contribution in [0.4, 0.5) is 0 Å². The Morgan fingerprint density at radius 3 is 2.18 bits per heavy atom. The average molecular weight is 528 g/mol. The van der Waals surface area contributed by atoms with Gasteiger partial charge in [-0.15, -0.1) is 0 Å². The highest BCUT2D eigenvalue weighted by molar-refractivity contribution is 9.09. The van der Waals surface area contributed by atoms with Gasteiger partial charge in [-0.05, 0) is 73.8 Å². The van der Waals surface area contributed by atoms with Crippen molar-refractivity contribution in [3.8, 4) is 5.75 Å². The van der Waals surface area contributed by atoms with E-state index in [1.54, 1.807) is 13.2 Å². The van der Waals surface area contributed by atoms with Crippen molar-refractivity contribution < 1.29 is 14.3 Å². The van der Waals surface area contributed by atoms with Crippen molar-refractivity contribution >= 4 is 27.8 Å². The molecule has 4 heteroatoms. The Bertz CT molecular complexity index is 865. The van der Waals surface area contributed by atoms with Crippen molar-refractivity contribution in [1.29, 1.82) is 0 Å². The fraction of sp³-hybridized carbons (Fsp3) is 0.500. The lowest BCUT2D eigenvalue weighted by molar-refractivity contribution is 0.0226. The Morgan fingerprint density at radius 1 is 0.882 bits per heavy atom. The monoisotopic (exact) mass is 526 g/mol. The molecule has 2 aromatic carbocycles. The van der Waals surface area contributed by atoms with E-state index in [9.17, 15) is 4.79 Å². The van der Waals surface area contributed by atoms with Crippen LogP contribution in [-0.4, -0.2) is 30.9 Å². The van der Waals surface area contributed by atoms with Crippen LogP contribution in [0.25, 0.3) is 6.08 Å². The average Bonchev–Trinajstić information content (AvgIpc) is 2.89. The zero-order valence-corrected chi connectivity index (χ0v) is 22.1. The van der Waals surface area contributed by atoms with Gasteiger partial charge in [-0.2, -0.15) is 0 Å². The Hall–Kier alpha value is -1.91. The summed E-state index contributed by atoms with van der Waals surface area (Å²) in [6, 6.07) is 15.9. The van der Waals surface area contributed by atoms with E-state index in [-0.39, 0.29) is 5.78 Å². The quantitative estimate of drug-likeness (QED) is 0.107. The summed E-state index contributed by atoms with van der Waals surface area (Å²) >= 11 is 3.49. The molecule has 0 aromatic heterocycles. The molecule has 0 N–H and O–H groups in total. The van der Waals surface area contributed by atoms with E-state index < -0.39 is 0 Å². The molecule has 2 aromatic rings. The number of alkyl halides is 1. The number of unbranched alkanes of at least 4 members (excludes halogenated alkanes) is 5. The number of hydrogen-bond acceptors (Lipinski definition) is 3. The maximum absolute atomic E-state index is 12.6. The normalized spacial score (nSPS) is 18.3. The highest BCUT2D eigenvalue weighted by Crippen LogP contribution is 2.34. The first-order valence-electron chi connectivity index (χ1n) is 12.8. The number of carbonyl (C=O) groups is 1. The Balaban J connectivity index is 1.36. The van der Waals surface area contributed by atoms with Crippen LogP contribution in [-0.2, 0) is 4.74 Å². The minimum Gasteiger partial charge on any atom is -0.497 e. The van der Waals surface area contributed by atoms with Crippen LogP contribution in [0.1, 0.15) is 91.6 Å². The first-order chi connectivity index (χ1) is 16.7. The summed E-state index contributed by atoms with van der Waals surface area (Å²) in [4.78, 5) is 12.6. The Kier molecular flexibility index (Phi) is 11.9. The molecule has 1 aliphatic rings. The second kappa shape index (κ2) is 15.2. The summed E-state index contributed by atoms with van der Waals surface area (Å²) in [5, 5.41) is 1.13. The summed E-state index contributed by atoms with van der Waals surface area (Å²) in [6.07, 6.45) is 16.3. The molecule has 1 saturated carbocycles. The zero-order valence-electron chi connectivity index (χ0n) is 20.5. The Labute approximate surface area is 214 Å². The molecule has 0 spiro atoms. The van der Waals surface area contributed by atoms with E-state index in [0.717, 1.165) is 41.7 Å². The highest BCUT2D eigenvalue weighted by atomic mass is 79.9. The number of ether oxygens (including phenoxy) is 2. The minimum absolute atomic E-state index is 0.0302. The third-order valence-corrected chi connectivity index (χ3v) is 7.33. The molecule has 34 heavy (non-hydrogen) atoms. The fourth-order valence-corrected chi connectivity index (χ4v) is 5.02. The Morgan fingerprint density at radius 2 is 1.53 bits per heavy atom. The third kappa shape index (κ3) is 9.03. The standard InChI is InChI=1S/C30H39BrO3/c1-33-28-17-8-24(9-18-28)10-21-30(32)27-13-11-25(12-14-27)26-15-19-29(20-16-26)34-23-7-5-3-2-4-6-22-31/h8-14,17-18,21,26,29H,2-7,15-16,19-20,22-23H2,1H3. The lowest BCUT2D eigenvalue weighted by atomic mass is 9.82. The predicted molar refractivity (Wildman–Crippen MR) is 145 cm³/mol. The van der Waals surface area contributed by atoms with E-state index in [2.05, 4.69) is 28.1 Å². The molecule has 3 rings (SSSR count). The number of methoxy groups -OCH3 is 1. The second-order valence-corrected chi connectivity index (χ2v) is 10.0. The van der Waals surface area contributed by atoms with Crippen molar-refractivity contribution in [2.75, 3.05) is 19.0 Å². The summed E-state index contributed by atoms with van der Waals surface area (Å²) in [7, 11) is 1.65. The summed E-state index contributed by atoms with van der Waals surface area (Å²) in [5.74, 6) is 1.42. The van der Waals surface area contributed by atoms with Crippen LogP contribution in [0.3, 0.4) is 0 Å². The van der Waals surface area contributed by atoms with Crippen molar-refractivity contribution in [3.05, 3.63) is 71.3 Å². The maximum Gasteiger partial charge on any atom is 0.185 e. The third-order valence-electron chi connectivity index (χ3n) is 6.77. The SMILES string of the molecule is COc1ccc(C=CC(=O)c2ccc(C3CCC(OCCCCCCCCBr)CC3)cc2)cc1. The number of rotatable bonds is 14. The fourth-order valence-electron chi connectivity index (χ4n) is 4.62. The van der Waals surface area contributed by atoms with Crippen molar-refractivity contribution in [2.24, 2.45) is 0 Å². The van der Waals surface area contributed by atoms with Crippen LogP contribution in [0.2, 0.25) is 0 Å². The zero-order chi connectivity index (χ0) is 24.0. The van der Waals surface area contributed by atoms with E-state index in [0.29, 0.717) is 12.0 Å². The van der Waals surface area contributed by atoms with Gasteiger partial charge in [0.1, 0.15) is 5.75 Å². The van der Waals surface area contributed by atoms with Crippen LogP contribution in [0, 0.1) is 0 Å². The van der Waals surface area contributed by atoms with Crippen LogP contribution >= 0.6 is 15.9 Å². The molecule has 0 amide bonds. The molecule has 0 atom stereocenters. The summed E-state index contributed by atoms with van der Waals surface area (Å²) < 4.78 is 11.3. The van der Waals surface area contributed by atoms with E-state index in [1.807, 2.05) is 42.5 Å². The van der Waals surface area contributed by atoms with Gasteiger partial charge in [0.25, 0.3) is 0 Å². The number of benzene rings is 2. The van der Waals surface area contributed by atoms with Gasteiger partial charge >= 0.3 is 0 Å². The molecule has 1 fully saturated rings. The van der Waals surface area contributed by atoms with Crippen LogP contribution in [0.5, 0.6) is 5.75 Å². The van der Waals surface area contributed by atoms with E-state index in [1.165, 1.54) is 56.9 Å². The molecule has 1 aliphatic carbocycles. The molecule has 0 unspecified atom stereocenters. The molecular weight excluding hydrogens is 488 g/mol. The molecule has 184 valence electrons. The molecular formula is C30H39BrO3. The van der Waals surface area contributed by atoms with Crippen molar-refractivity contribution in [3.63, 3.8) is 0 Å². The minimum atomic E-state index is 0.0302. The number of ketones is 1. The van der Waals surface area contributed by atoms with Gasteiger partial charge in [0, 0.05) is 17.5 Å². The van der Waals surface area contributed by atoms with Crippen molar-refractivity contribution in [1.82, 2.24) is 0 Å². The summed E-state index contributed by atoms with van der Waals surface area (Å²) in [6.45, 7) is 0.911. The molecule has 0 bridgehead atoms. The summed E-state index contributed by atoms with van der Waals surface area (Å²) in [5.41, 5.74) is 3.06. The highest BCUT2D eigenvalue weighted by Gasteiger charge is 2.22. The predicted octanol–water partition coefficient (Wildman–Crippen LogP) is 8.37. The van der Waals surface area contributed by atoms with Crippen LogP contribution in [0.15, 0.2) is 54.6 Å². The number of hydrogen-bond donors (Lipinski definition) is 0. The van der Waals surface area contributed by atoms with Gasteiger partial charge < -0.3 is 9.47 Å². The number of carbonyl (C=O) groups excluding carboxylic acids is 1. The van der Waals surface area contributed by atoms with Crippen molar-refractivity contribution in [2.45, 2.75) is 76.2 Å². The van der Waals surface area contributed by atoms with Gasteiger partial charge in [-0.3, -0.25) is 4.79 Å².